The predicted octanol–water partition coefficient (Wildman–Crippen LogP) is 2.04. The quantitative estimate of drug-likeness (QED) is 0.849. The first-order valence-electron chi connectivity index (χ1n) is 7.08. The van der Waals surface area contributed by atoms with E-state index in [1.165, 1.54) is 5.52 Å². The van der Waals surface area contributed by atoms with Crippen molar-refractivity contribution in [1.82, 2.24) is 14.9 Å². The Labute approximate surface area is 112 Å². The molecular weight excluding hydrogens is 238 g/mol. The second-order valence-corrected chi connectivity index (χ2v) is 5.74. The molecule has 4 heteroatoms. The molecule has 0 spiro atoms. The van der Waals surface area contributed by atoms with Crippen molar-refractivity contribution in [3.8, 4) is 0 Å². The Morgan fingerprint density at radius 2 is 1.95 bits per heavy atom. The highest BCUT2D eigenvalue weighted by Gasteiger charge is 2.33. The molecule has 1 aromatic heterocycles. The zero-order valence-corrected chi connectivity index (χ0v) is 11.2. The maximum atomic E-state index is 5.63. The minimum Gasteiger partial charge on any atom is -0.378 e. The fourth-order valence-electron chi connectivity index (χ4n) is 3.64. The van der Waals surface area contributed by atoms with Gasteiger partial charge in [0.15, 0.2) is 0 Å². The minimum atomic E-state index is 0.498. The molecule has 3 atom stereocenters. The number of benzene rings is 1. The van der Waals surface area contributed by atoms with Gasteiger partial charge in [0.2, 0.25) is 0 Å². The van der Waals surface area contributed by atoms with Gasteiger partial charge in [-0.2, -0.15) is 0 Å². The number of morpholine rings is 1. The first-order valence-corrected chi connectivity index (χ1v) is 7.08. The lowest BCUT2D eigenvalue weighted by molar-refractivity contribution is 0.0104. The lowest BCUT2D eigenvalue weighted by Gasteiger charge is -2.41. The fourth-order valence-corrected chi connectivity index (χ4v) is 3.64. The maximum Gasteiger partial charge on any atom is 0.106 e. The van der Waals surface area contributed by atoms with Gasteiger partial charge in [-0.3, -0.25) is 0 Å². The van der Waals surface area contributed by atoms with Crippen LogP contribution in [0, 0.1) is 6.92 Å². The molecule has 1 aromatic carbocycles. The van der Waals surface area contributed by atoms with Crippen molar-refractivity contribution < 1.29 is 4.74 Å². The third-order valence-electron chi connectivity index (χ3n) is 4.36. The lowest BCUT2D eigenvalue weighted by Crippen LogP contribution is -2.54. The van der Waals surface area contributed by atoms with Gasteiger partial charge in [0.1, 0.15) is 5.82 Å². The summed E-state index contributed by atoms with van der Waals surface area (Å²) in [7, 11) is 0. The molecule has 0 saturated carbocycles. The Morgan fingerprint density at radius 3 is 2.74 bits per heavy atom. The van der Waals surface area contributed by atoms with Gasteiger partial charge in [-0.1, -0.05) is 12.1 Å². The number of fused-ring (bicyclic) bond motifs is 3. The number of aromatic nitrogens is 2. The molecule has 1 N–H and O–H groups in total. The normalized spacial score (nSPS) is 30.7. The van der Waals surface area contributed by atoms with Crippen LogP contribution in [0.15, 0.2) is 24.3 Å². The van der Waals surface area contributed by atoms with Gasteiger partial charge in [0.25, 0.3) is 0 Å². The van der Waals surface area contributed by atoms with E-state index in [1.54, 1.807) is 0 Å². The van der Waals surface area contributed by atoms with Crippen LogP contribution >= 0.6 is 0 Å². The third kappa shape index (κ3) is 1.86. The highest BCUT2D eigenvalue weighted by Crippen LogP contribution is 2.32. The Kier molecular flexibility index (Phi) is 2.60. The van der Waals surface area contributed by atoms with Crippen LogP contribution in [0.1, 0.15) is 24.7 Å². The number of hydrogen-bond acceptors (Lipinski definition) is 3. The third-order valence-corrected chi connectivity index (χ3v) is 4.36. The summed E-state index contributed by atoms with van der Waals surface area (Å²) in [5.41, 5.74) is 2.38. The summed E-state index contributed by atoms with van der Waals surface area (Å²) in [6.07, 6.45) is 2.27. The average molecular weight is 257 g/mol. The number of piperidine rings is 1. The Morgan fingerprint density at radius 1 is 1.21 bits per heavy atom. The SMILES string of the molecule is Cc1nc2ccccc2n1C1C[C@H]2COC[C@@H](C1)N2. The van der Waals surface area contributed by atoms with E-state index in [1.807, 2.05) is 0 Å². The van der Waals surface area contributed by atoms with Crippen molar-refractivity contribution in [2.45, 2.75) is 37.9 Å². The van der Waals surface area contributed by atoms with Crippen molar-refractivity contribution in [2.24, 2.45) is 0 Å². The molecule has 19 heavy (non-hydrogen) atoms. The van der Waals surface area contributed by atoms with Crippen LogP contribution < -0.4 is 5.32 Å². The van der Waals surface area contributed by atoms with E-state index in [2.05, 4.69) is 41.1 Å². The topological polar surface area (TPSA) is 39.1 Å². The van der Waals surface area contributed by atoms with Gasteiger partial charge in [-0.15, -0.1) is 0 Å². The van der Waals surface area contributed by atoms with Crippen molar-refractivity contribution >= 4 is 11.0 Å². The monoisotopic (exact) mass is 257 g/mol. The molecule has 3 heterocycles. The molecule has 2 bridgehead atoms. The number of ether oxygens (including phenoxy) is 1. The molecule has 100 valence electrons. The molecule has 2 saturated heterocycles. The van der Waals surface area contributed by atoms with Crippen molar-refractivity contribution in [3.63, 3.8) is 0 Å². The number of rotatable bonds is 1. The summed E-state index contributed by atoms with van der Waals surface area (Å²) < 4.78 is 8.06. The Hall–Kier alpha value is -1.39. The van der Waals surface area contributed by atoms with Crippen LogP contribution in [0.4, 0.5) is 0 Å². The van der Waals surface area contributed by atoms with E-state index >= 15 is 0 Å². The van der Waals surface area contributed by atoms with E-state index < -0.39 is 0 Å². The number of aryl methyl sites for hydroxylation is 1. The largest absolute Gasteiger partial charge is 0.378 e. The van der Waals surface area contributed by atoms with E-state index in [-0.39, 0.29) is 0 Å². The molecule has 4 nitrogen and oxygen atoms in total. The van der Waals surface area contributed by atoms with Crippen LogP contribution in [0.3, 0.4) is 0 Å². The minimum absolute atomic E-state index is 0.498. The zero-order valence-electron chi connectivity index (χ0n) is 11.2. The highest BCUT2D eigenvalue weighted by atomic mass is 16.5. The molecule has 1 unspecified atom stereocenters. The van der Waals surface area contributed by atoms with Gasteiger partial charge in [0, 0.05) is 18.1 Å². The molecule has 2 fully saturated rings. The first kappa shape index (κ1) is 11.4. The van der Waals surface area contributed by atoms with Crippen molar-refractivity contribution in [3.05, 3.63) is 30.1 Å². The summed E-state index contributed by atoms with van der Waals surface area (Å²) in [4.78, 5) is 4.69. The summed E-state index contributed by atoms with van der Waals surface area (Å²) in [5, 5.41) is 3.65. The summed E-state index contributed by atoms with van der Waals surface area (Å²) in [6.45, 7) is 3.81. The van der Waals surface area contributed by atoms with Gasteiger partial charge in [-0.05, 0) is 31.9 Å². The average Bonchev–Trinajstić information content (AvgIpc) is 2.74. The van der Waals surface area contributed by atoms with Gasteiger partial charge in [0.05, 0.1) is 24.2 Å². The summed E-state index contributed by atoms with van der Waals surface area (Å²) >= 11 is 0. The summed E-state index contributed by atoms with van der Waals surface area (Å²) in [6, 6.07) is 9.99. The molecular formula is C15H19N3O. The van der Waals surface area contributed by atoms with Gasteiger partial charge in [-0.25, -0.2) is 4.98 Å². The number of nitrogens with zero attached hydrogens (tertiary/aromatic N) is 2. The zero-order chi connectivity index (χ0) is 12.8. The number of para-hydroxylation sites is 2. The van der Waals surface area contributed by atoms with Crippen LogP contribution in [0.2, 0.25) is 0 Å². The summed E-state index contributed by atoms with van der Waals surface area (Å²) in [5.74, 6) is 1.13. The van der Waals surface area contributed by atoms with Crippen molar-refractivity contribution in [2.75, 3.05) is 13.2 Å². The molecule has 0 aliphatic carbocycles. The maximum absolute atomic E-state index is 5.63. The number of nitrogens with one attached hydrogen (secondary N) is 1. The fraction of sp³-hybridized carbons (Fsp3) is 0.533. The van der Waals surface area contributed by atoms with E-state index in [4.69, 9.17) is 9.72 Å². The standard InChI is InChI=1S/C15H19N3O/c1-10-16-14-4-2-3-5-15(14)18(10)13-6-11-8-19-9-12(7-13)17-11/h2-5,11-13,17H,6-9H2,1H3/t11-,12+,13?. The molecule has 0 radical (unpaired) electrons. The molecule has 2 aliphatic rings. The first-order chi connectivity index (χ1) is 9.31. The molecule has 4 rings (SSSR count). The highest BCUT2D eigenvalue weighted by molar-refractivity contribution is 5.76. The predicted molar refractivity (Wildman–Crippen MR) is 74.3 cm³/mol. The Balaban J connectivity index is 1.75. The molecule has 2 aliphatic heterocycles. The van der Waals surface area contributed by atoms with Crippen LogP contribution in [0.25, 0.3) is 11.0 Å². The van der Waals surface area contributed by atoms with Crippen LogP contribution in [-0.2, 0) is 4.74 Å². The lowest BCUT2D eigenvalue weighted by atomic mass is 9.92. The molecule has 2 aromatic rings. The van der Waals surface area contributed by atoms with E-state index in [0.29, 0.717) is 18.1 Å². The second-order valence-electron chi connectivity index (χ2n) is 5.74. The smallest absolute Gasteiger partial charge is 0.106 e. The van der Waals surface area contributed by atoms with E-state index in [0.717, 1.165) is 37.4 Å². The van der Waals surface area contributed by atoms with Gasteiger partial charge >= 0.3 is 0 Å². The number of imidazole rings is 1. The van der Waals surface area contributed by atoms with Crippen molar-refractivity contribution in [1.29, 1.82) is 0 Å². The molecule has 0 amide bonds. The Bertz CT molecular complexity index is 594. The van der Waals surface area contributed by atoms with Crippen LogP contribution in [-0.4, -0.2) is 34.8 Å². The number of hydrogen-bond donors (Lipinski definition) is 1. The van der Waals surface area contributed by atoms with Crippen LogP contribution in [0.5, 0.6) is 0 Å². The van der Waals surface area contributed by atoms with Gasteiger partial charge < -0.3 is 14.6 Å². The second kappa shape index (κ2) is 4.32. The van der Waals surface area contributed by atoms with E-state index in [9.17, 15) is 0 Å².